The maximum atomic E-state index is 10.5. The van der Waals surface area contributed by atoms with Gasteiger partial charge in [-0.25, -0.2) is 0 Å². The molecule has 2 heterocycles. The van der Waals surface area contributed by atoms with Crippen molar-refractivity contribution in [2.24, 2.45) is 0 Å². The Bertz CT molecular complexity index is 363. The van der Waals surface area contributed by atoms with E-state index >= 15 is 0 Å². The lowest BCUT2D eigenvalue weighted by atomic mass is 9.96. The van der Waals surface area contributed by atoms with E-state index in [1.165, 1.54) is 12.8 Å². The van der Waals surface area contributed by atoms with Crippen LogP contribution in [0.5, 0.6) is 0 Å². The molecule has 1 saturated heterocycles. The first-order valence-electron chi connectivity index (χ1n) is 6.12. The quantitative estimate of drug-likeness (QED) is 0.829. The first-order chi connectivity index (χ1) is 7.75. The second kappa shape index (κ2) is 3.82. The van der Waals surface area contributed by atoms with E-state index in [1.54, 1.807) is 6.20 Å². The van der Waals surface area contributed by atoms with Gasteiger partial charge >= 0.3 is 0 Å². The van der Waals surface area contributed by atoms with Crippen LogP contribution in [-0.2, 0) is 6.42 Å². The molecule has 0 radical (unpaired) electrons. The molecule has 1 aromatic heterocycles. The zero-order valence-electron chi connectivity index (χ0n) is 9.47. The lowest BCUT2D eigenvalue weighted by molar-refractivity contribution is 0.0478. The second-order valence-electron chi connectivity index (χ2n) is 5.17. The summed E-state index contributed by atoms with van der Waals surface area (Å²) in [6.45, 7) is 1.88. The summed E-state index contributed by atoms with van der Waals surface area (Å²) in [6.07, 6.45) is 6.02. The van der Waals surface area contributed by atoms with Crippen molar-refractivity contribution in [2.45, 2.75) is 37.3 Å². The van der Waals surface area contributed by atoms with E-state index < -0.39 is 5.60 Å². The van der Waals surface area contributed by atoms with Crippen molar-refractivity contribution in [2.75, 3.05) is 13.1 Å². The Labute approximate surface area is 96.1 Å². The van der Waals surface area contributed by atoms with Crippen LogP contribution in [0.2, 0.25) is 0 Å². The van der Waals surface area contributed by atoms with Gasteiger partial charge in [0.25, 0.3) is 0 Å². The summed E-state index contributed by atoms with van der Waals surface area (Å²) in [7, 11) is 0. The average Bonchev–Trinajstić information content (AvgIpc) is 3.05. The smallest absolute Gasteiger partial charge is 0.0841 e. The van der Waals surface area contributed by atoms with Crippen molar-refractivity contribution >= 4 is 0 Å². The van der Waals surface area contributed by atoms with Crippen LogP contribution >= 0.6 is 0 Å². The number of β-amino-alcohol motifs (C(OH)–C–C–N with tert-alkyl or cyclic N) is 1. The number of aromatic nitrogens is 1. The van der Waals surface area contributed by atoms with E-state index in [0.29, 0.717) is 6.42 Å². The highest BCUT2D eigenvalue weighted by Crippen LogP contribution is 2.34. The third kappa shape index (κ3) is 2.11. The highest BCUT2D eigenvalue weighted by molar-refractivity contribution is 5.09. The van der Waals surface area contributed by atoms with Crippen LogP contribution in [-0.4, -0.2) is 39.7 Å². The van der Waals surface area contributed by atoms with Gasteiger partial charge in [-0.3, -0.25) is 9.88 Å². The predicted octanol–water partition coefficient (Wildman–Crippen LogP) is 1.22. The largest absolute Gasteiger partial charge is 0.388 e. The molecule has 1 unspecified atom stereocenters. The van der Waals surface area contributed by atoms with Gasteiger partial charge in [-0.15, -0.1) is 0 Å². The predicted molar refractivity (Wildman–Crippen MR) is 62.1 cm³/mol. The Kier molecular flexibility index (Phi) is 2.45. The zero-order chi connectivity index (χ0) is 11.0. The first-order valence-corrected chi connectivity index (χ1v) is 6.12. The molecule has 0 amide bonds. The van der Waals surface area contributed by atoms with Crippen molar-refractivity contribution in [1.29, 1.82) is 0 Å². The molecule has 16 heavy (non-hydrogen) atoms. The Morgan fingerprint density at radius 1 is 1.44 bits per heavy atom. The van der Waals surface area contributed by atoms with Crippen LogP contribution in [0.4, 0.5) is 0 Å². The third-order valence-corrected chi connectivity index (χ3v) is 3.66. The fourth-order valence-corrected chi connectivity index (χ4v) is 2.62. The Morgan fingerprint density at radius 3 is 3.00 bits per heavy atom. The molecule has 1 aliphatic carbocycles. The van der Waals surface area contributed by atoms with Gasteiger partial charge in [0, 0.05) is 37.4 Å². The fourth-order valence-electron chi connectivity index (χ4n) is 2.62. The van der Waals surface area contributed by atoms with E-state index in [2.05, 4.69) is 9.88 Å². The molecule has 3 heteroatoms. The number of likely N-dealkylation sites (tertiary alicyclic amines) is 1. The summed E-state index contributed by atoms with van der Waals surface area (Å²) in [5.74, 6) is 0. The minimum Gasteiger partial charge on any atom is -0.388 e. The highest BCUT2D eigenvalue weighted by atomic mass is 16.3. The van der Waals surface area contributed by atoms with E-state index in [1.807, 2.05) is 18.2 Å². The van der Waals surface area contributed by atoms with Gasteiger partial charge in [0.15, 0.2) is 0 Å². The SMILES string of the molecule is OC1(Cc2ccccn2)CCN(C2CC2)C1. The van der Waals surface area contributed by atoms with Gasteiger partial charge in [0.05, 0.1) is 5.60 Å². The number of hydrogen-bond donors (Lipinski definition) is 1. The van der Waals surface area contributed by atoms with Crippen molar-refractivity contribution < 1.29 is 5.11 Å². The lowest BCUT2D eigenvalue weighted by Crippen LogP contribution is -2.36. The van der Waals surface area contributed by atoms with E-state index in [9.17, 15) is 5.11 Å². The fraction of sp³-hybridized carbons (Fsp3) is 0.615. The maximum absolute atomic E-state index is 10.5. The van der Waals surface area contributed by atoms with Gasteiger partial charge < -0.3 is 5.11 Å². The molecular weight excluding hydrogens is 200 g/mol. The van der Waals surface area contributed by atoms with Gasteiger partial charge in [-0.2, -0.15) is 0 Å². The lowest BCUT2D eigenvalue weighted by Gasteiger charge is -2.23. The monoisotopic (exact) mass is 218 g/mol. The molecule has 1 aliphatic heterocycles. The van der Waals surface area contributed by atoms with Crippen LogP contribution in [0.15, 0.2) is 24.4 Å². The van der Waals surface area contributed by atoms with Gasteiger partial charge in [0.1, 0.15) is 0 Å². The zero-order valence-corrected chi connectivity index (χ0v) is 9.47. The summed E-state index contributed by atoms with van der Waals surface area (Å²) < 4.78 is 0. The molecule has 1 atom stereocenters. The van der Waals surface area contributed by atoms with Crippen molar-refractivity contribution in [1.82, 2.24) is 9.88 Å². The standard InChI is InChI=1S/C13H18N2O/c16-13(9-11-3-1-2-7-14-11)6-8-15(10-13)12-4-5-12/h1-3,7,12,16H,4-6,8-10H2. The summed E-state index contributed by atoms with van der Waals surface area (Å²) in [6, 6.07) is 6.66. The minimum atomic E-state index is -0.545. The number of nitrogens with zero attached hydrogens (tertiary/aromatic N) is 2. The molecule has 2 fully saturated rings. The Balaban J connectivity index is 1.66. The number of hydrogen-bond acceptors (Lipinski definition) is 3. The summed E-state index contributed by atoms with van der Waals surface area (Å²) in [4.78, 5) is 6.73. The molecule has 0 aromatic carbocycles. The Morgan fingerprint density at radius 2 is 2.31 bits per heavy atom. The highest BCUT2D eigenvalue weighted by Gasteiger charge is 2.42. The molecular formula is C13H18N2O. The molecule has 0 bridgehead atoms. The normalized spacial score (nSPS) is 30.8. The maximum Gasteiger partial charge on any atom is 0.0841 e. The second-order valence-corrected chi connectivity index (χ2v) is 5.17. The minimum absolute atomic E-state index is 0.545. The van der Waals surface area contributed by atoms with Gasteiger partial charge in [0.2, 0.25) is 0 Å². The number of rotatable bonds is 3. The molecule has 3 rings (SSSR count). The number of pyridine rings is 1. The van der Waals surface area contributed by atoms with Crippen LogP contribution in [0.25, 0.3) is 0 Å². The molecule has 1 N–H and O–H groups in total. The van der Waals surface area contributed by atoms with Crippen LogP contribution in [0.3, 0.4) is 0 Å². The van der Waals surface area contributed by atoms with E-state index in [0.717, 1.165) is 31.2 Å². The van der Waals surface area contributed by atoms with Crippen molar-refractivity contribution in [3.63, 3.8) is 0 Å². The average molecular weight is 218 g/mol. The molecule has 1 saturated carbocycles. The first kappa shape index (κ1) is 10.2. The van der Waals surface area contributed by atoms with Gasteiger partial charge in [-0.1, -0.05) is 6.07 Å². The van der Waals surface area contributed by atoms with Crippen molar-refractivity contribution in [3.05, 3.63) is 30.1 Å². The van der Waals surface area contributed by atoms with Crippen molar-refractivity contribution in [3.8, 4) is 0 Å². The van der Waals surface area contributed by atoms with Crippen LogP contribution in [0.1, 0.15) is 25.0 Å². The molecule has 1 aromatic rings. The summed E-state index contributed by atoms with van der Waals surface area (Å²) >= 11 is 0. The molecule has 0 spiro atoms. The van der Waals surface area contributed by atoms with E-state index in [-0.39, 0.29) is 0 Å². The summed E-state index contributed by atoms with van der Waals surface area (Å²) in [5.41, 5.74) is 0.458. The Hall–Kier alpha value is -0.930. The van der Waals surface area contributed by atoms with Gasteiger partial charge in [-0.05, 0) is 31.4 Å². The topological polar surface area (TPSA) is 36.4 Å². The molecule has 3 nitrogen and oxygen atoms in total. The van der Waals surface area contributed by atoms with Crippen LogP contribution in [0, 0.1) is 0 Å². The summed E-state index contributed by atoms with van der Waals surface area (Å²) in [5, 5.41) is 10.5. The van der Waals surface area contributed by atoms with Crippen LogP contribution < -0.4 is 0 Å². The third-order valence-electron chi connectivity index (χ3n) is 3.66. The number of aliphatic hydroxyl groups is 1. The molecule has 86 valence electrons. The molecule has 2 aliphatic rings. The van der Waals surface area contributed by atoms with E-state index in [4.69, 9.17) is 0 Å².